The monoisotopic (exact) mass is 449 g/mol. The Morgan fingerprint density at radius 3 is 1.88 bits per heavy atom. The van der Waals surface area contributed by atoms with Gasteiger partial charge in [-0.1, -0.05) is 66.9 Å². The van der Waals surface area contributed by atoms with E-state index in [1.807, 2.05) is 6.79 Å². The van der Waals surface area contributed by atoms with Crippen molar-refractivity contribution in [1.82, 2.24) is 0 Å². The predicted molar refractivity (Wildman–Crippen MR) is 98.9 cm³/mol. The summed E-state index contributed by atoms with van der Waals surface area (Å²) in [6.45, 7) is 2.28. The molecule has 5 heteroatoms. The van der Waals surface area contributed by atoms with Gasteiger partial charge in [-0.15, -0.1) is 23.2 Å². The predicted octanol–water partition coefficient (Wildman–Crippen LogP) is 5.30. The molecule has 0 saturated heterocycles. The number of rotatable bonds is 9. The van der Waals surface area contributed by atoms with E-state index in [2.05, 4.69) is 36.5 Å². The average molecular weight is 450 g/mol. The summed E-state index contributed by atoms with van der Waals surface area (Å²) in [6.07, 6.45) is 20.0. The molecule has 0 atom stereocenters. The number of alkyl halides is 2. The maximum Gasteiger partial charge on any atom is 0.120 e. The molecule has 0 bridgehead atoms. The third-order valence-electron chi connectivity index (χ3n) is 4.54. The zero-order valence-corrected chi connectivity index (χ0v) is 17.7. The third kappa shape index (κ3) is 6.01. The number of halogens is 2. The summed E-state index contributed by atoms with van der Waals surface area (Å²) in [7, 11) is 0. The van der Waals surface area contributed by atoms with Crippen LogP contribution in [0.25, 0.3) is 0 Å². The van der Waals surface area contributed by atoms with Gasteiger partial charge in [0.1, 0.15) is 11.6 Å². The van der Waals surface area contributed by atoms with E-state index in [9.17, 15) is 0 Å². The van der Waals surface area contributed by atoms with E-state index in [0.29, 0.717) is 0 Å². The Hall–Kier alpha value is -0.0897. The van der Waals surface area contributed by atoms with Crippen LogP contribution in [-0.4, -0.2) is 23.3 Å². The molecule has 0 fully saturated rings. The average Bonchev–Trinajstić information content (AvgIpc) is 3.26. The molecule has 133 valence electrons. The minimum atomic E-state index is -0.423. The van der Waals surface area contributed by atoms with E-state index in [0.717, 1.165) is 44.9 Å². The van der Waals surface area contributed by atoms with Crippen LogP contribution in [0.3, 0.4) is 0 Å². The van der Waals surface area contributed by atoms with Crippen LogP contribution in [0.1, 0.15) is 44.9 Å². The van der Waals surface area contributed by atoms with Crippen LogP contribution in [0.2, 0.25) is 0 Å². The maximum absolute atomic E-state index is 8.88. The van der Waals surface area contributed by atoms with Gasteiger partial charge in [-0.05, 0) is 25.7 Å². The Labute approximate surface area is 171 Å². The Balaban J connectivity index is 0.00000170. The number of hydrogen-bond donors (Lipinski definition) is 1. The maximum atomic E-state index is 8.88. The van der Waals surface area contributed by atoms with E-state index in [-0.39, 0.29) is 34.4 Å². The van der Waals surface area contributed by atoms with Gasteiger partial charge in [0.15, 0.2) is 0 Å². The van der Waals surface area contributed by atoms with E-state index in [1.54, 1.807) is 0 Å². The minimum Gasteiger partial charge on any atom is -0.396 e. The minimum absolute atomic E-state index is 0. The van der Waals surface area contributed by atoms with Crippen LogP contribution >= 0.6 is 23.2 Å². The van der Waals surface area contributed by atoms with Gasteiger partial charge in [-0.2, -0.15) is 0 Å². The first-order valence-corrected chi connectivity index (χ1v) is 8.99. The molecule has 2 aliphatic carbocycles. The topological polar surface area (TPSA) is 37.3 Å². The molecule has 1 radical (unpaired) electrons. The summed E-state index contributed by atoms with van der Waals surface area (Å²) >= 11 is 13.0. The van der Waals surface area contributed by atoms with Crippen LogP contribution < -0.4 is 0 Å². The number of unbranched alkanes of at least 4 members (excludes halogenated alkanes) is 3. The van der Waals surface area contributed by atoms with Gasteiger partial charge in [-0.3, -0.25) is 0 Å². The molecule has 0 aromatic heterocycles. The Morgan fingerprint density at radius 2 is 1.50 bits per heavy atom. The molecule has 0 aliphatic heterocycles. The van der Waals surface area contributed by atoms with Crippen LogP contribution in [-0.2, 0) is 27.2 Å². The van der Waals surface area contributed by atoms with Crippen molar-refractivity contribution in [2.75, 3.05) is 6.61 Å². The van der Waals surface area contributed by atoms with Gasteiger partial charge < -0.3 is 9.90 Å². The first-order valence-electron chi connectivity index (χ1n) is 8.12. The molecule has 0 saturated carbocycles. The number of allylic oxidation sites excluding steroid dienone is 8. The fraction of sp³-hybridized carbons (Fsp3) is 0.526. The fourth-order valence-corrected chi connectivity index (χ4v) is 4.12. The van der Waals surface area contributed by atoms with E-state index >= 15 is 0 Å². The molecule has 1 N–H and O–H groups in total. The molecule has 2 nitrogen and oxygen atoms in total. The second-order valence-electron chi connectivity index (χ2n) is 5.81. The summed E-state index contributed by atoms with van der Waals surface area (Å²) in [5.74, 6) is 0. The molecule has 24 heavy (non-hydrogen) atoms. The van der Waals surface area contributed by atoms with E-state index < -0.39 is 4.84 Å². The van der Waals surface area contributed by atoms with Crippen molar-refractivity contribution in [1.29, 1.82) is 0 Å². The molecule has 0 amide bonds. The second kappa shape index (κ2) is 13.2. The van der Waals surface area contributed by atoms with Gasteiger partial charge >= 0.3 is 0 Å². The molecule has 2 aliphatic rings. The second-order valence-corrected chi connectivity index (χ2v) is 6.90. The van der Waals surface area contributed by atoms with Gasteiger partial charge in [-0.25, -0.2) is 0 Å². The molecular weight excluding hydrogens is 424 g/mol. The summed E-state index contributed by atoms with van der Waals surface area (Å²) in [5, 5.41) is 8.88. The number of aliphatic hydroxyl groups is 1. The molecule has 2 rings (SSSR count). The van der Waals surface area contributed by atoms with E-state index in [4.69, 9.17) is 33.1 Å². The largest absolute Gasteiger partial charge is 0.396 e. The molecular formula is C19H26Cl2NbO2. The Kier molecular flexibility index (Phi) is 13.1. The summed E-state index contributed by atoms with van der Waals surface area (Å²) in [6, 6.07) is 0. The SMILES string of the molecule is C=O.OCCCCCCC(C1=CC=CC1)(C1=CC=CC1)C(Cl)Cl.[Nb]. The zero-order valence-electron chi connectivity index (χ0n) is 14.0. The van der Waals surface area contributed by atoms with E-state index in [1.165, 1.54) is 11.1 Å². The fourth-order valence-electron chi connectivity index (χ4n) is 3.34. The van der Waals surface area contributed by atoms with Crippen LogP contribution in [0.15, 0.2) is 47.6 Å². The van der Waals surface area contributed by atoms with Crippen molar-refractivity contribution >= 4 is 30.0 Å². The summed E-state index contributed by atoms with van der Waals surface area (Å²) in [4.78, 5) is 7.58. The van der Waals surface area contributed by atoms with Crippen LogP contribution in [0.4, 0.5) is 0 Å². The number of carbonyl (C=O) groups excluding carboxylic acids is 1. The van der Waals surface area contributed by atoms with Gasteiger partial charge in [0.25, 0.3) is 0 Å². The van der Waals surface area contributed by atoms with Crippen molar-refractivity contribution in [3.63, 3.8) is 0 Å². The quantitative estimate of drug-likeness (QED) is 0.294. The summed E-state index contributed by atoms with van der Waals surface area (Å²) in [5.41, 5.74) is 2.46. The number of aliphatic hydroxyl groups excluding tert-OH is 1. The zero-order chi connectivity index (χ0) is 17.1. The molecule has 0 aromatic rings. The normalized spacial score (nSPS) is 15.7. The van der Waals surface area contributed by atoms with Crippen molar-refractivity contribution in [3.05, 3.63) is 47.6 Å². The van der Waals surface area contributed by atoms with Crippen molar-refractivity contribution < 1.29 is 32.3 Å². The van der Waals surface area contributed by atoms with Crippen molar-refractivity contribution in [2.24, 2.45) is 5.41 Å². The van der Waals surface area contributed by atoms with Crippen LogP contribution in [0, 0.1) is 5.41 Å². The van der Waals surface area contributed by atoms with Crippen molar-refractivity contribution in [2.45, 2.75) is 49.8 Å². The Morgan fingerprint density at radius 1 is 1.00 bits per heavy atom. The molecule has 0 spiro atoms. The van der Waals surface area contributed by atoms with Crippen molar-refractivity contribution in [3.8, 4) is 0 Å². The standard InChI is InChI=1S/C18H24Cl2O.CH2O.Nb/c19-17(20)18(15-9-3-4-10-15,16-11-5-6-12-16)13-7-1-2-8-14-21;1-2;/h3-6,9,11,17,21H,1-2,7-8,10,12-14H2;1H2;. The first-order chi connectivity index (χ1) is 11.2. The van der Waals surface area contributed by atoms with Gasteiger partial charge in [0.05, 0.1) is 0 Å². The Bertz CT molecular complexity index is 452. The third-order valence-corrected chi connectivity index (χ3v) is 5.29. The number of carbonyl (C=O) groups is 1. The molecule has 0 aromatic carbocycles. The van der Waals surface area contributed by atoms with Gasteiger partial charge in [0.2, 0.25) is 0 Å². The summed E-state index contributed by atoms with van der Waals surface area (Å²) < 4.78 is 0. The molecule has 0 unspecified atom stereocenters. The number of hydrogen-bond acceptors (Lipinski definition) is 2. The van der Waals surface area contributed by atoms with Gasteiger partial charge in [0, 0.05) is 34.4 Å². The molecule has 0 heterocycles. The smallest absolute Gasteiger partial charge is 0.120 e. The first kappa shape index (κ1) is 23.9. The van der Waals surface area contributed by atoms with Crippen LogP contribution in [0.5, 0.6) is 0 Å².